The van der Waals surface area contributed by atoms with Gasteiger partial charge in [0.1, 0.15) is 0 Å². The number of aromatic nitrogens is 1. The van der Waals surface area contributed by atoms with Crippen molar-refractivity contribution in [3.05, 3.63) is 17.5 Å². The van der Waals surface area contributed by atoms with E-state index in [1.807, 2.05) is 0 Å². The van der Waals surface area contributed by atoms with Gasteiger partial charge in [0, 0.05) is 0 Å². The number of hydrogen-bond acceptors (Lipinski definition) is 3. The molecule has 0 spiro atoms. The Kier molecular flexibility index (Phi) is 2.96. The maximum absolute atomic E-state index is 10.7. The first-order valence-corrected chi connectivity index (χ1v) is 10.3. The Morgan fingerprint density at radius 3 is 1.93 bits per heavy atom. The van der Waals surface area contributed by atoms with E-state index in [2.05, 4.69) is 4.98 Å². The molecule has 1 N–H and O–H groups in total. The van der Waals surface area contributed by atoms with Gasteiger partial charge in [0.05, 0.1) is 0 Å². The number of H-pyrrole nitrogens is 1. The molecule has 1 aromatic heterocycles. The van der Waals surface area contributed by atoms with Crippen molar-refractivity contribution in [2.75, 3.05) is 0 Å². The van der Waals surface area contributed by atoms with Crippen LogP contribution in [0.3, 0.4) is 0 Å². The minimum atomic E-state index is -4.42. The molecule has 0 aromatic carbocycles. The molecular formula is C9H9NO3W. The van der Waals surface area contributed by atoms with Gasteiger partial charge in [0.15, 0.2) is 0 Å². The normalized spacial score (nSPS) is 10.1. The summed E-state index contributed by atoms with van der Waals surface area (Å²) in [6.07, 6.45) is 0. The van der Waals surface area contributed by atoms with Gasteiger partial charge in [-0.15, -0.1) is 0 Å². The summed E-state index contributed by atoms with van der Waals surface area (Å²) < 4.78 is 5.22. The van der Waals surface area contributed by atoms with Gasteiger partial charge < -0.3 is 0 Å². The molecular weight excluding hydrogens is 354 g/mol. The Hall–Kier alpha value is -1.29. The average Bonchev–Trinajstić information content (AvgIpc) is 2.51. The molecule has 0 aliphatic rings. The van der Waals surface area contributed by atoms with Crippen molar-refractivity contribution in [3.63, 3.8) is 0 Å². The summed E-state index contributed by atoms with van der Waals surface area (Å²) in [6.45, 7) is 3.50. The van der Waals surface area contributed by atoms with Crippen molar-refractivity contribution < 1.29 is 29.1 Å². The third-order valence-corrected chi connectivity index (χ3v) is 9.11. The van der Waals surface area contributed by atoms with E-state index in [0.29, 0.717) is 9.65 Å². The molecule has 1 rings (SSSR count). The van der Waals surface area contributed by atoms with Gasteiger partial charge in [-0.25, -0.2) is 0 Å². The van der Waals surface area contributed by atoms with Crippen LogP contribution >= 0.6 is 0 Å². The first kappa shape index (κ1) is 10.8. The van der Waals surface area contributed by atoms with Crippen LogP contribution in [-0.2, 0) is 29.1 Å². The van der Waals surface area contributed by atoms with Crippen LogP contribution in [0, 0.1) is 13.8 Å². The summed E-state index contributed by atoms with van der Waals surface area (Å²) in [5, 5.41) is 0. The van der Waals surface area contributed by atoms with Crippen molar-refractivity contribution in [1.29, 1.82) is 0 Å². The number of rotatable bonds is 1. The van der Waals surface area contributed by atoms with E-state index in [1.54, 1.807) is 32.7 Å². The van der Waals surface area contributed by atoms with Crippen LogP contribution in [0.4, 0.5) is 0 Å². The minimum absolute atomic E-state index is 0.475. The molecule has 14 heavy (non-hydrogen) atoms. The Morgan fingerprint density at radius 1 is 1.14 bits per heavy atom. The Morgan fingerprint density at radius 2 is 1.64 bits per heavy atom. The van der Waals surface area contributed by atoms with E-state index in [-0.39, 0.29) is 0 Å². The summed E-state index contributed by atoms with van der Waals surface area (Å²) in [5.74, 6) is 0. The summed E-state index contributed by atoms with van der Waals surface area (Å²) >= 11 is -4.42. The fraction of sp³-hybridized carbons (Fsp3) is 0.222. The summed E-state index contributed by atoms with van der Waals surface area (Å²) in [7, 11) is 0. The Balaban J connectivity index is 3.98. The Labute approximate surface area is 82.3 Å². The van der Waals surface area contributed by atoms with Crippen molar-refractivity contribution in [1.82, 2.24) is 4.98 Å². The fourth-order valence-electron chi connectivity index (χ4n) is 1.26. The quantitative estimate of drug-likeness (QED) is 0.721. The average molecular weight is 363 g/mol. The molecule has 0 aliphatic carbocycles. The molecule has 0 aliphatic heterocycles. The van der Waals surface area contributed by atoms with E-state index in [0.717, 1.165) is 5.69 Å². The third-order valence-electron chi connectivity index (χ3n) is 1.89. The van der Waals surface area contributed by atoms with Crippen LogP contribution in [0.5, 0.6) is 0 Å². The third kappa shape index (κ3) is 1.53. The zero-order valence-electron chi connectivity index (χ0n) is 7.75. The van der Waals surface area contributed by atoms with Gasteiger partial charge in [0.25, 0.3) is 0 Å². The van der Waals surface area contributed by atoms with Crippen LogP contribution < -0.4 is 3.95 Å². The van der Waals surface area contributed by atoms with E-state index in [9.17, 15) is 14.4 Å². The van der Waals surface area contributed by atoms with E-state index in [4.69, 9.17) is 0 Å². The molecule has 4 nitrogen and oxygen atoms in total. The van der Waals surface area contributed by atoms with E-state index >= 15 is 0 Å². The molecule has 0 atom stereocenters. The summed E-state index contributed by atoms with van der Waals surface area (Å²) in [5.41, 5.74) is 1.47. The van der Waals surface area contributed by atoms with E-state index < -0.39 is 14.7 Å². The van der Waals surface area contributed by atoms with Gasteiger partial charge in [-0.3, -0.25) is 0 Å². The van der Waals surface area contributed by atoms with Gasteiger partial charge in [-0.1, -0.05) is 0 Å². The molecule has 0 unspecified atom stereocenters. The number of carbonyl (C=O) groups excluding carboxylic acids is 3. The molecule has 0 fully saturated rings. The van der Waals surface area contributed by atoms with Gasteiger partial charge in [-0.05, 0) is 0 Å². The molecule has 0 amide bonds. The zero-order chi connectivity index (χ0) is 10.8. The van der Waals surface area contributed by atoms with Crippen LogP contribution in [0.2, 0.25) is 0 Å². The molecule has 0 radical (unpaired) electrons. The van der Waals surface area contributed by atoms with Crippen LogP contribution in [0.15, 0.2) is 6.07 Å². The van der Waals surface area contributed by atoms with Crippen LogP contribution in [0.1, 0.15) is 11.4 Å². The van der Waals surface area contributed by atoms with Crippen LogP contribution in [0.25, 0.3) is 0 Å². The van der Waals surface area contributed by atoms with Gasteiger partial charge in [-0.2, -0.15) is 0 Å². The van der Waals surface area contributed by atoms with Crippen molar-refractivity contribution in [2.24, 2.45) is 0 Å². The number of nitrogens with one attached hydrogen (secondary N) is 1. The van der Waals surface area contributed by atoms with Crippen molar-refractivity contribution >= 4 is 16.8 Å². The monoisotopic (exact) mass is 363 g/mol. The molecule has 5 heteroatoms. The Bertz CT molecular complexity index is 575. The second-order valence-corrected chi connectivity index (χ2v) is 11.4. The first-order valence-electron chi connectivity index (χ1n) is 3.83. The van der Waals surface area contributed by atoms with Gasteiger partial charge >= 0.3 is 82.1 Å². The molecule has 0 saturated carbocycles. The van der Waals surface area contributed by atoms with Crippen molar-refractivity contribution in [3.8, 4) is 0 Å². The van der Waals surface area contributed by atoms with Crippen molar-refractivity contribution in [2.45, 2.75) is 13.8 Å². The predicted octanol–water partition coefficient (Wildman–Crippen LogP) is -0.655. The molecule has 74 valence electrons. The zero-order valence-corrected chi connectivity index (χ0v) is 11.0. The second-order valence-electron chi connectivity index (χ2n) is 2.91. The standard InChI is InChI=1S/C6H8N.3CO.W.H/c1-5-3-4-6(2)7-5;3*1-2;;/h3,7H,1-2H3;;;;;. The summed E-state index contributed by atoms with van der Waals surface area (Å²) in [4.78, 5) is 35.0. The predicted molar refractivity (Wildman–Crippen MR) is 48.4 cm³/mol. The summed E-state index contributed by atoms with van der Waals surface area (Å²) in [6, 6.07) is 1.63. The maximum atomic E-state index is 10.7. The number of aromatic amines is 1. The number of hydrogen-bond donors (Lipinski definition) is 1. The molecule has 0 saturated heterocycles. The van der Waals surface area contributed by atoms with Crippen LogP contribution in [-0.4, -0.2) is 17.8 Å². The number of aryl methyl sites for hydroxylation is 2. The first-order chi connectivity index (χ1) is 6.59. The molecule has 1 heterocycles. The SMILES string of the molecule is Cc1c[c]([WH](=[C]=O)(=[C]=O)=[C]=O)c(C)[nH]1. The molecule has 1 aromatic rings. The molecule has 0 bridgehead atoms. The van der Waals surface area contributed by atoms with E-state index in [1.165, 1.54) is 0 Å². The topological polar surface area (TPSA) is 67.0 Å². The fourth-order valence-corrected chi connectivity index (χ4v) is 6.12. The second kappa shape index (κ2) is 3.84. The van der Waals surface area contributed by atoms with Gasteiger partial charge in [0.2, 0.25) is 0 Å².